The molecule has 0 fully saturated rings. The van der Waals surface area contributed by atoms with Crippen LogP contribution in [0.15, 0.2) is 54.6 Å². The van der Waals surface area contributed by atoms with Crippen LogP contribution in [0.3, 0.4) is 0 Å². The van der Waals surface area contributed by atoms with E-state index < -0.39 is 4.92 Å². The van der Waals surface area contributed by atoms with Gasteiger partial charge in [0.05, 0.1) is 25.4 Å². The minimum atomic E-state index is -0.449. The predicted octanol–water partition coefficient (Wildman–Crippen LogP) is 1.14. The van der Waals surface area contributed by atoms with Gasteiger partial charge in [-0.1, -0.05) is 42.5 Å². The molecule has 1 amide bonds. The molecule has 0 unspecified atom stereocenters. The third-order valence-electron chi connectivity index (χ3n) is 3.66. The maximum absolute atomic E-state index is 12.3. The van der Waals surface area contributed by atoms with Crippen LogP contribution in [0.2, 0.25) is 0 Å². The van der Waals surface area contributed by atoms with Crippen LogP contribution >= 0.6 is 0 Å². The molecule has 0 bridgehead atoms. The number of nitrogens with zero attached hydrogens (tertiary/aromatic N) is 1. The van der Waals surface area contributed by atoms with Gasteiger partial charge in [-0.25, -0.2) is 0 Å². The summed E-state index contributed by atoms with van der Waals surface area (Å²) in [7, 11) is 4.08. The van der Waals surface area contributed by atoms with Crippen LogP contribution in [0.1, 0.15) is 17.2 Å². The third kappa shape index (κ3) is 5.17. The number of amides is 1. The van der Waals surface area contributed by atoms with Crippen molar-refractivity contribution in [2.24, 2.45) is 0 Å². The Hall–Kier alpha value is -2.73. The van der Waals surface area contributed by atoms with E-state index in [9.17, 15) is 14.9 Å². The number of nitro groups is 1. The number of nitro benzene ring substituents is 1. The summed E-state index contributed by atoms with van der Waals surface area (Å²) in [5.41, 5.74) is 1.84. The zero-order valence-corrected chi connectivity index (χ0v) is 13.9. The number of likely N-dealkylation sites (N-methyl/N-ethyl adjacent to an activating group) is 1. The molecule has 24 heavy (non-hydrogen) atoms. The van der Waals surface area contributed by atoms with Gasteiger partial charge in [-0.2, -0.15) is 0 Å². The SMILES string of the molecule is C[NH+](C)C[C@H](NC(=O)Cc1ccc([N+](=O)[O-])cc1)c1ccccc1. The zero-order chi connectivity index (χ0) is 17.5. The summed E-state index contributed by atoms with van der Waals surface area (Å²) in [6.07, 6.45) is 0.199. The van der Waals surface area contributed by atoms with Gasteiger partial charge >= 0.3 is 0 Å². The van der Waals surface area contributed by atoms with Crippen LogP contribution in [0.25, 0.3) is 0 Å². The molecule has 0 aliphatic carbocycles. The van der Waals surface area contributed by atoms with E-state index in [2.05, 4.69) is 5.32 Å². The normalized spacial score (nSPS) is 12.0. The number of carbonyl (C=O) groups is 1. The van der Waals surface area contributed by atoms with Crippen LogP contribution in [0.4, 0.5) is 5.69 Å². The third-order valence-corrected chi connectivity index (χ3v) is 3.66. The van der Waals surface area contributed by atoms with E-state index >= 15 is 0 Å². The van der Waals surface area contributed by atoms with Crippen LogP contribution in [0.5, 0.6) is 0 Å². The van der Waals surface area contributed by atoms with E-state index in [-0.39, 0.29) is 24.1 Å². The summed E-state index contributed by atoms with van der Waals surface area (Å²) >= 11 is 0. The van der Waals surface area contributed by atoms with Crippen LogP contribution in [-0.2, 0) is 11.2 Å². The van der Waals surface area contributed by atoms with Gasteiger partial charge in [-0.05, 0) is 11.1 Å². The lowest BCUT2D eigenvalue weighted by atomic mass is 10.1. The highest BCUT2D eigenvalue weighted by molar-refractivity contribution is 5.79. The second kappa shape index (κ2) is 8.21. The fourth-order valence-corrected chi connectivity index (χ4v) is 2.51. The van der Waals surface area contributed by atoms with E-state index in [1.165, 1.54) is 17.0 Å². The Morgan fingerprint density at radius 1 is 1.12 bits per heavy atom. The van der Waals surface area contributed by atoms with E-state index in [0.29, 0.717) is 0 Å². The number of nitrogens with one attached hydrogen (secondary N) is 2. The lowest BCUT2D eigenvalue weighted by Gasteiger charge is -2.21. The Kier molecular flexibility index (Phi) is 6.03. The number of quaternary nitrogens is 1. The number of benzene rings is 2. The molecule has 0 aliphatic heterocycles. The lowest BCUT2D eigenvalue weighted by Crippen LogP contribution is -3.06. The van der Waals surface area contributed by atoms with Crippen molar-refractivity contribution in [3.05, 3.63) is 75.8 Å². The van der Waals surface area contributed by atoms with Gasteiger partial charge in [-0.3, -0.25) is 14.9 Å². The second-order valence-corrected chi connectivity index (χ2v) is 6.04. The maximum atomic E-state index is 12.3. The zero-order valence-electron chi connectivity index (χ0n) is 13.9. The number of rotatable bonds is 7. The fraction of sp³-hybridized carbons (Fsp3) is 0.278. The first-order valence-corrected chi connectivity index (χ1v) is 7.82. The molecule has 0 saturated heterocycles. The van der Waals surface area contributed by atoms with Gasteiger partial charge in [0, 0.05) is 12.1 Å². The Morgan fingerprint density at radius 3 is 2.29 bits per heavy atom. The molecular formula is C18H22N3O3+. The van der Waals surface area contributed by atoms with Crippen molar-refractivity contribution in [2.75, 3.05) is 20.6 Å². The average Bonchev–Trinajstić information content (AvgIpc) is 2.55. The number of carbonyl (C=O) groups excluding carboxylic acids is 1. The van der Waals surface area contributed by atoms with Crippen molar-refractivity contribution >= 4 is 11.6 Å². The molecule has 2 aromatic carbocycles. The highest BCUT2D eigenvalue weighted by atomic mass is 16.6. The molecule has 0 radical (unpaired) electrons. The molecule has 2 aromatic rings. The van der Waals surface area contributed by atoms with E-state index in [1.807, 2.05) is 44.4 Å². The molecule has 6 nitrogen and oxygen atoms in total. The molecule has 2 N–H and O–H groups in total. The molecule has 2 rings (SSSR count). The Bertz CT molecular complexity index is 684. The Labute approximate surface area is 141 Å². The minimum absolute atomic E-state index is 0.0255. The minimum Gasteiger partial charge on any atom is -0.343 e. The molecule has 0 aromatic heterocycles. The maximum Gasteiger partial charge on any atom is 0.269 e. The van der Waals surface area contributed by atoms with Gasteiger partial charge < -0.3 is 10.2 Å². The van der Waals surface area contributed by atoms with Gasteiger partial charge in [-0.15, -0.1) is 0 Å². The molecule has 0 heterocycles. The van der Waals surface area contributed by atoms with Crippen molar-refractivity contribution in [3.63, 3.8) is 0 Å². The summed E-state index contributed by atoms with van der Waals surface area (Å²) in [4.78, 5) is 23.8. The van der Waals surface area contributed by atoms with E-state index in [0.717, 1.165) is 17.7 Å². The highest BCUT2D eigenvalue weighted by Crippen LogP contribution is 2.14. The van der Waals surface area contributed by atoms with Crippen molar-refractivity contribution < 1.29 is 14.6 Å². The van der Waals surface area contributed by atoms with E-state index in [1.54, 1.807) is 12.1 Å². The summed E-state index contributed by atoms with van der Waals surface area (Å²) in [6.45, 7) is 0.774. The Balaban J connectivity index is 2.03. The summed E-state index contributed by atoms with van der Waals surface area (Å²) in [5.74, 6) is -0.0982. The quantitative estimate of drug-likeness (QED) is 0.591. The van der Waals surface area contributed by atoms with Crippen molar-refractivity contribution in [1.29, 1.82) is 0 Å². The second-order valence-electron chi connectivity index (χ2n) is 6.04. The first-order chi connectivity index (χ1) is 11.5. The average molecular weight is 328 g/mol. The van der Waals surface area contributed by atoms with Crippen LogP contribution in [0, 0.1) is 10.1 Å². The standard InChI is InChI=1S/C18H21N3O3/c1-20(2)13-17(15-6-4-3-5-7-15)19-18(22)12-14-8-10-16(11-9-14)21(23)24/h3-11,17H,12-13H2,1-2H3,(H,19,22)/p+1/t17-/m0/s1. The fourth-order valence-electron chi connectivity index (χ4n) is 2.51. The molecule has 126 valence electrons. The topological polar surface area (TPSA) is 76.7 Å². The first kappa shape index (κ1) is 17.6. The number of non-ortho nitro benzene ring substituents is 1. The molecule has 6 heteroatoms. The predicted molar refractivity (Wildman–Crippen MR) is 91.8 cm³/mol. The molecule has 0 aliphatic rings. The molecule has 1 atom stereocenters. The van der Waals surface area contributed by atoms with Crippen molar-refractivity contribution in [2.45, 2.75) is 12.5 Å². The lowest BCUT2D eigenvalue weighted by molar-refractivity contribution is -0.860. The molecule has 0 saturated carbocycles. The number of hydrogen-bond acceptors (Lipinski definition) is 3. The Morgan fingerprint density at radius 2 is 1.75 bits per heavy atom. The largest absolute Gasteiger partial charge is 0.343 e. The summed E-state index contributed by atoms with van der Waals surface area (Å²) < 4.78 is 0. The van der Waals surface area contributed by atoms with Gasteiger partial charge in [0.25, 0.3) is 5.69 Å². The summed E-state index contributed by atoms with van der Waals surface area (Å²) in [5, 5.41) is 13.7. The van der Waals surface area contributed by atoms with Gasteiger partial charge in [0.2, 0.25) is 5.91 Å². The van der Waals surface area contributed by atoms with Crippen LogP contribution < -0.4 is 10.2 Å². The summed E-state index contributed by atoms with van der Waals surface area (Å²) in [6, 6.07) is 15.9. The monoisotopic (exact) mass is 328 g/mol. The van der Waals surface area contributed by atoms with Gasteiger partial charge in [0.1, 0.15) is 12.6 Å². The smallest absolute Gasteiger partial charge is 0.269 e. The molecule has 0 spiro atoms. The van der Waals surface area contributed by atoms with Crippen LogP contribution in [-0.4, -0.2) is 31.5 Å². The van der Waals surface area contributed by atoms with Gasteiger partial charge in [0.15, 0.2) is 0 Å². The van der Waals surface area contributed by atoms with E-state index in [4.69, 9.17) is 0 Å². The van der Waals surface area contributed by atoms with Crippen molar-refractivity contribution in [1.82, 2.24) is 5.32 Å². The van der Waals surface area contributed by atoms with Crippen molar-refractivity contribution in [3.8, 4) is 0 Å². The number of hydrogen-bond donors (Lipinski definition) is 2. The first-order valence-electron chi connectivity index (χ1n) is 7.82. The molecular weight excluding hydrogens is 306 g/mol. The highest BCUT2D eigenvalue weighted by Gasteiger charge is 2.18.